The molecule has 0 fully saturated rings. The molecule has 0 atom stereocenters. The Kier molecular flexibility index (Phi) is 3.98. The Labute approximate surface area is 105 Å². The first kappa shape index (κ1) is 12.2. The molecule has 0 saturated carbocycles. The highest BCUT2D eigenvalue weighted by atomic mass is 16.1. The molecule has 18 heavy (non-hydrogen) atoms. The summed E-state index contributed by atoms with van der Waals surface area (Å²) in [4.78, 5) is 19.7. The summed E-state index contributed by atoms with van der Waals surface area (Å²) in [5.74, 6) is 0.239. The van der Waals surface area contributed by atoms with Gasteiger partial charge in [0.2, 0.25) is 0 Å². The first-order valence-corrected chi connectivity index (χ1v) is 5.66. The fourth-order valence-electron chi connectivity index (χ4n) is 1.54. The molecule has 2 aromatic rings. The maximum Gasteiger partial charge on any atom is 0.256 e. The lowest BCUT2D eigenvalue weighted by Gasteiger charge is -2.04. The third kappa shape index (κ3) is 3.11. The van der Waals surface area contributed by atoms with Crippen molar-refractivity contribution in [3.05, 3.63) is 54.0 Å². The fourth-order valence-corrected chi connectivity index (χ4v) is 1.54. The van der Waals surface area contributed by atoms with E-state index in [1.807, 2.05) is 12.1 Å². The molecule has 1 heterocycles. The van der Waals surface area contributed by atoms with Gasteiger partial charge < -0.3 is 11.1 Å². The molecule has 5 nitrogen and oxygen atoms in total. The number of hydrogen-bond donors (Lipinski definition) is 2. The molecule has 0 aliphatic carbocycles. The second kappa shape index (κ2) is 5.88. The number of benzene rings is 1. The van der Waals surface area contributed by atoms with E-state index in [4.69, 9.17) is 5.73 Å². The third-order valence-electron chi connectivity index (χ3n) is 2.45. The average molecular weight is 242 g/mol. The molecular formula is C13H14N4O. The van der Waals surface area contributed by atoms with Gasteiger partial charge >= 0.3 is 0 Å². The van der Waals surface area contributed by atoms with Gasteiger partial charge in [0.15, 0.2) is 5.82 Å². The van der Waals surface area contributed by atoms with Gasteiger partial charge in [-0.15, -0.1) is 0 Å². The molecule has 0 bridgehead atoms. The smallest absolute Gasteiger partial charge is 0.256 e. The van der Waals surface area contributed by atoms with Gasteiger partial charge in [0.05, 0.1) is 6.20 Å². The summed E-state index contributed by atoms with van der Waals surface area (Å²) in [6.45, 7) is 0.602. The van der Waals surface area contributed by atoms with Crippen LogP contribution in [0.3, 0.4) is 0 Å². The Morgan fingerprint density at radius 1 is 1.22 bits per heavy atom. The van der Waals surface area contributed by atoms with Crippen LogP contribution in [0.4, 0.5) is 5.82 Å². The lowest BCUT2D eigenvalue weighted by Crippen LogP contribution is -2.13. The maximum absolute atomic E-state index is 11.9. The number of anilines is 1. The van der Waals surface area contributed by atoms with Crippen LogP contribution in [0.25, 0.3) is 0 Å². The largest absolute Gasteiger partial charge is 0.330 e. The van der Waals surface area contributed by atoms with Crippen molar-refractivity contribution in [1.82, 2.24) is 9.97 Å². The number of nitrogens with one attached hydrogen (secondary N) is 1. The van der Waals surface area contributed by atoms with Crippen LogP contribution in [0.2, 0.25) is 0 Å². The minimum Gasteiger partial charge on any atom is -0.330 e. The molecule has 1 aromatic carbocycles. The summed E-state index contributed by atoms with van der Waals surface area (Å²) < 4.78 is 0. The van der Waals surface area contributed by atoms with Crippen molar-refractivity contribution in [2.45, 2.75) is 6.42 Å². The Bertz CT molecular complexity index is 510. The molecule has 0 saturated heterocycles. The van der Waals surface area contributed by atoms with Crippen molar-refractivity contribution >= 4 is 11.7 Å². The summed E-state index contributed by atoms with van der Waals surface area (Å²) in [7, 11) is 0. The number of carbonyl (C=O) groups is 1. The summed E-state index contributed by atoms with van der Waals surface area (Å²) in [6.07, 6.45) is 5.39. The normalized spacial score (nSPS) is 10.1. The monoisotopic (exact) mass is 242 g/mol. The average Bonchev–Trinajstić information content (AvgIpc) is 2.41. The molecule has 92 valence electrons. The van der Waals surface area contributed by atoms with Crippen LogP contribution in [-0.2, 0) is 6.42 Å². The molecule has 1 aromatic heterocycles. The van der Waals surface area contributed by atoms with Gasteiger partial charge in [0, 0.05) is 18.0 Å². The molecule has 0 unspecified atom stereocenters. The van der Waals surface area contributed by atoms with Crippen molar-refractivity contribution < 1.29 is 4.79 Å². The van der Waals surface area contributed by atoms with Gasteiger partial charge in [-0.05, 0) is 30.7 Å². The minimum atomic E-state index is -0.199. The SMILES string of the molecule is NCCc1ccc(C(=O)Nc2cnccn2)cc1. The molecule has 0 aliphatic heterocycles. The van der Waals surface area contributed by atoms with Crippen LogP contribution >= 0.6 is 0 Å². The van der Waals surface area contributed by atoms with Crippen molar-refractivity contribution in [3.63, 3.8) is 0 Å². The fraction of sp³-hybridized carbons (Fsp3) is 0.154. The highest BCUT2D eigenvalue weighted by Crippen LogP contribution is 2.07. The van der Waals surface area contributed by atoms with E-state index in [1.54, 1.807) is 18.3 Å². The Hall–Kier alpha value is -2.27. The predicted octanol–water partition coefficient (Wildman–Crippen LogP) is 1.23. The van der Waals surface area contributed by atoms with Crippen LogP contribution < -0.4 is 11.1 Å². The second-order valence-electron chi connectivity index (χ2n) is 3.78. The number of nitrogens with zero attached hydrogens (tertiary/aromatic N) is 2. The quantitative estimate of drug-likeness (QED) is 0.845. The molecule has 0 radical (unpaired) electrons. The molecule has 2 rings (SSSR count). The van der Waals surface area contributed by atoms with Gasteiger partial charge in [-0.2, -0.15) is 0 Å². The maximum atomic E-state index is 11.9. The van der Waals surface area contributed by atoms with Crippen LogP contribution in [0, 0.1) is 0 Å². The first-order valence-electron chi connectivity index (χ1n) is 5.66. The van der Waals surface area contributed by atoms with E-state index in [1.165, 1.54) is 12.4 Å². The number of nitrogens with two attached hydrogens (primary N) is 1. The standard InChI is InChI=1S/C13H14N4O/c14-6-5-10-1-3-11(4-2-10)13(18)17-12-9-15-7-8-16-12/h1-4,7-9H,5-6,14H2,(H,16,17,18). The van der Waals surface area contributed by atoms with E-state index >= 15 is 0 Å². The highest BCUT2D eigenvalue weighted by molar-refractivity contribution is 6.03. The second-order valence-corrected chi connectivity index (χ2v) is 3.78. The van der Waals surface area contributed by atoms with Crippen molar-refractivity contribution in [3.8, 4) is 0 Å². The van der Waals surface area contributed by atoms with E-state index in [0.717, 1.165) is 12.0 Å². The summed E-state index contributed by atoms with van der Waals surface area (Å²) in [5.41, 5.74) is 7.17. The minimum absolute atomic E-state index is 0.199. The van der Waals surface area contributed by atoms with Gasteiger partial charge in [-0.1, -0.05) is 12.1 Å². The van der Waals surface area contributed by atoms with E-state index in [-0.39, 0.29) is 5.91 Å². The van der Waals surface area contributed by atoms with Crippen molar-refractivity contribution in [2.24, 2.45) is 5.73 Å². The molecule has 3 N–H and O–H groups in total. The van der Waals surface area contributed by atoms with E-state index in [2.05, 4.69) is 15.3 Å². The molecule has 0 aliphatic rings. The summed E-state index contributed by atoms with van der Waals surface area (Å²) in [5, 5.41) is 2.67. The lowest BCUT2D eigenvalue weighted by atomic mass is 10.1. The van der Waals surface area contributed by atoms with E-state index in [0.29, 0.717) is 17.9 Å². The zero-order chi connectivity index (χ0) is 12.8. The third-order valence-corrected chi connectivity index (χ3v) is 2.45. The van der Waals surface area contributed by atoms with Crippen LogP contribution in [0.1, 0.15) is 15.9 Å². The Morgan fingerprint density at radius 2 is 2.00 bits per heavy atom. The predicted molar refractivity (Wildman–Crippen MR) is 69.2 cm³/mol. The number of carbonyl (C=O) groups excluding carboxylic acids is 1. The molecule has 1 amide bonds. The van der Waals surface area contributed by atoms with Crippen molar-refractivity contribution in [2.75, 3.05) is 11.9 Å². The Morgan fingerprint density at radius 3 is 2.61 bits per heavy atom. The summed E-state index contributed by atoms with van der Waals surface area (Å²) >= 11 is 0. The molecule has 5 heteroatoms. The Balaban J connectivity index is 2.05. The first-order chi connectivity index (χ1) is 8.79. The topological polar surface area (TPSA) is 80.9 Å². The van der Waals surface area contributed by atoms with Crippen LogP contribution in [0.5, 0.6) is 0 Å². The van der Waals surface area contributed by atoms with Gasteiger partial charge in [-0.25, -0.2) is 4.98 Å². The lowest BCUT2D eigenvalue weighted by molar-refractivity contribution is 0.102. The zero-order valence-corrected chi connectivity index (χ0v) is 9.84. The van der Waals surface area contributed by atoms with E-state index < -0.39 is 0 Å². The number of amides is 1. The van der Waals surface area contributed by atoms with E-state index in [9.17, 15) is 4.79 Å². The molecular weight excluding hydrogens is 228 g/mol. The van der Waals surface area contributed by atoms with Gasteiger partial charge in [0.25, 0.3) is 5.91 Å². The van der Waals surface area contributed by atoms with Crippen LogP contribution in [0.15, 0.2) is 42.9 Å². The number of hydrogen-bond acceptors (Lipinski definition) is 4. The zero-order valence-electron chi connectivity index (χ0n) is 9.84. The van der Waals surface area contributed by atoms with Gasteiger partial charge in [-0.3, -0.25) is 9.78 Å². The number of rotatable bonds is 4. The highest BCUT2D eigenvalue weighted by Gasteiger charge is 2.06. The van der Waals surface area contributed by atoms with Crippen LogP contribution in [-0.4, -0.2) is 22.4 Å². The van der Waals surface area contributed by atoms with Crippen molar-refractivity contribution in [1.29, 1.82) is 0 Å². The summed E-state index contributed by atoms with van der Waals surface area (Å²) in [6, 6.07) is 7.35. The molecule has 0 spiro atoms. The van der Waals surface area contributed by atoms with Gasteiger partial charge in [0.1, 0.15) is 0 Å². The number of aromatic nitrogens is 2.